The molecule has 1 aromatic rings. The van der Waals surface area contributed by atoms with Gasteiger partial charge in [-0.25, -0.2) is 0 Å². The largest absolute Gasteiger partial charge is 0.354 e. The van der Waals surface area contributed by atoms with E-state index in [-0.39, 0.29) is 0 Å². The maximum atomic E-state index is 4.16. The second-order valence-electron chi connectivity index (χ2n) is 2.16. The number of quaternary nitrogens is 1. The molecule has 1 aromatic heterocycles. The Balaban J connectivity index is 3.01. The van der Waals surface area contributed by atoms with Gasteiger partial charge in [-0.05, 0) is 6.92 Å². The molecule has 0 spiro atoms. The van der Waals surface area contributed by atoms with Crippen LogP contribution in [0.25, 0.3) is 0 Å². The molecule has 0 amide bonds. The molecule has 50 valence electrons. The number of aryl methyl sites for hydroxylation is 2. The van der Waals surface area contributed by atoms with Gasteiger partial charge in [-0.2, -0.15) is 5.10 Å². The van der Waals surface area contributed by atoms with E-state index >= 15 is 0 Å². The monoisotopic (exact) mass is 126 g/mol. The highest BCUT2D eigenvalue weighted by Crippen LogP contribution is 2.00. The van der Waals surface area contributed by atoms with Crippen LogP contribution >= 0.6 is 0 Å². The van der Waals surface area contributed by atoms with Gasteiger partial charge in [-0.1, -0.05) is 0 Å². The first-order valence-corrected chi connectivity index (χ1v) is 3.02. The third-order valence-electron chi connectivity index (χ3n) is 1.38. The van der Waals surface area contributed by atoms with Gasteiger partial charge in [0.15, 0.2) is 0 Å². The molecule has 0 saturated heterocycles. The van der Waals surface area contributed by atoms with Crippen LogP contribution in [0.2, 0.25) is 0 Å². The molecule has 0 atom stereocenters. The molecule has 0 radical (unpaired) electrons. The van der Waals surface area contributed by atoms with Gasteiger partial charge in [0.05, 0.1) is 5.69 Å². The van der Waals surface area contributed by atoms with E-state index in [0.29, 0.717) is 0 Å². The first-order chi connectivity index (χ1) is 4.24. The van der Waals surface area contributed by atoms with E-state index in [9.17, 15) is 0 Å². The number of rotatable bonds is 1. The van der Waals surface area contributed by atoms with Crippen LogP contribution in [0.1, 0.15) is 11.3 Å². The lowest BCUT2D eigenvalue weighted by molar-refractivity contribution is -0.386. The third-order valence-corrected chi connectivity index (χ3v) is 1.38. The van der Waals surface area contributed by atoms with Crippen molar-refractivity contribution in [3.63, 3.8) is 0 Å². The van der Waals surface area contributed by atoms with E-state index in [1.165, 1.54) is 5.56 Å². The first kappa shape index (κ1) is 6.29. The highest BCUT2D eigenvalue weighted by Gasteiger charge is 1.99. The maximum Gasteiger partial charge on any atom is 0.103 e. The van der Waals surface area contributed by atoms with Crippen LogP contribution in [0.3, 0.4) is 0 Å². The standard InChI is InChI=1S/C6H11N3/c1-5-6(3-7)4-9(2)8-5/h4H,3,7H2,1-2H3/p+1. The number of hydrogen-bond acceptors (Lipinski definition) is 1. The fourth-order valence-electron chi connectivity index (χ4n) is 0.894. The highest BCUT2D eigenvalue weighted by atomic mass is 15.2. The smallest absolute Gasteiger partial charge is 0.103 e. The molecule has 3 N–H and O–H groups in total. The van der Waals surface area contributed by atoms with Crippen molar-refractivity contribution in [3.05, 3.63) is 17.5 Å². The van der Waals surface area contributed by atoms with Crippen molar-refractivity contribution in [1.82, 2.24) is 9.78 Å². The Kier molecular flexibility index (Phi) is 1.53. The van der Waals surface area contributed by atoms with E-state index < -0.39 is 0 Å². The Labute approximate surface area is 54.5 Å². The molecule has 0 unspecified atom stereocenters. The predicted octanol–water partition coefficient (Wildman–Crippen LogP) is -0.530. The summed E-state index contributed by atoms with van der Waals surface area (Å²) in [7, 11) is 1.92. The Morgan fingerprint density at radius 2 is 2.44 bits per heavy atom. The molecule has 0 saturated carbocycles. The minimum Gasteiger partial charge on any atom is -0.354 e. The number of nitrogens with zero attached hydrogens (tertiary/aromatic N) is 2. The molecule has 0 aliphatic rings. The molecule has 3 heteroatoms. The topological polar surface area (TPSA) is 45.5 Å². The highest BCUT2D eigenvalue weighted by molar-refractivity contribution is 5.13. The zero-order valence-corrected chi connectivity index (χ0v) is 5.89. The zero-order chi connectivity index (χ0) is 6.85. The summed E-state index contributed by atoms with van der Waals surface area (Å²) in [6, 6.07) is 0. The van der Waals surface area contributed by atoms with Crippen molar-refractivity contribution in [3.8, 4) is 0 Å². The van der Waals surface area contributed by atoms with Gasteiger partial charge < -0.3 is 5.73 Å². The average Bonchev–Trinajstić information content (AvgIpc) is 2.10. The van der Waals surface area contributed by atoms with Gasteiger partial charge in [0.1, 0.15) is 6.54 Å². The SMILES string of the molecule is Cc1nn(C)cc1C[NH3+]. The Morgan fingerprint density at radius 3 is 2.67 bits per heavy atom. The predicted molar refractivity (Wildman–Crippen MR) is 34.5 cm³/mol. The van der Waals surface area contributed by atoms with E-state index in [1.807, 2.05) is 24.9 Å². The van der Waals surface area contributed by atoms with E-state index in [1.54, 1.807) is 0 Å². The quantitative estimate of drug-likeness (QED) is 0.540. The molecule has 3 nitrogen and oxygen atoms in total. The molecule has 9 heavy (non-hydrogen) atoms. The second-order valence-corrected chi connectivity index (χ2v) is 2.16. The molecule has 0 fully saturated rings. The fourth-order valence-corrected chi connectivity index (χ4v) is 0.894. The van der Waals surface area contributed by atoms with Crippen LogP contribution < -0.4 is 5.73 Å². The Bertz CT molecular complexity index is 202. The second kappa shape index (κ2) is 2.19. The fraction of sp³-hybridized carbons (Fsp3) is 0.500. The summed E-state index contributed by atoms with van der Waals surface area (Å²) in [4.78, 5) is 0. The zero-order valence-electron chi connectivity index (χ0n) is 5.89. The summed E-state index contributed by atoms with van der Waals surface area (Å²) >= 11 is 0. The average molecular weight is 126 g/mol. The lowest BCUT2D eigenvalue weighted by Crippen LogP contribution is -2.47. The van der Waals surface area contributed by atoms with Crippen molar-refractivity contribution in [2.75, 3.05) is 0 Å². The first-order valence-electron chi connectivity index (χ1n) is 3.02. The van der Waals surface area contributed by atoms with Crippen molar-refractivity contribution in [2.45, 2.75) is 13.5 Å². The van der Waals surface area contributed by atoms with Gasteiger partial charge >= 0.3 is 0 Å². The van der Waals surface area contributed by atoms with Crippen LogP contribution in [0.5, 0.6) is 0 Å². The van der Waals surface area contributed by atoms with Crippen LogP contribution in [0.15, 0.2) is 6.20 Å². The van der Waals surface area contributed by atoms with Gasteiger partial charge in [0, 0.05) is 18.8 Å². The summed E-state index contributed by atoms with van der Waals surface area (Å²) in [5.41, 5.74) is 6.10. The van der Waals surface area contributed by atoms with Gasteiger partial charge in [-0.3, -0.25) is 4.68 Å². The lowest BCUT2D eigenvalue weighted by atomic mass is 10.3. The Hall–Kier alpha value is -0.830. The summed E-state index contributed by atoms with van der Waals surface area (Å²) in [5.74, 6) is 0. The van der Waals surface area contributed by atoms with Gasteiger partial charge in [0.2, 0.25) is 0 Å². The molecule has 1 rings (SSSR count). The van der Waals surface area contributed by atoms with Crippen LogP contribution in [-0.4, -0.2) is 9.78 Å². The lowest BCUT2D eigenvalue weighted by Gasteiger charge is -1.82. The van der Waals surface area contributed by atoms with Crippen LogP contribution in [-0.2, 0) is 13.6 Å². The molecule has 0 aromatic carbocycles. The molecule has 1 heterocycles. The van der Waals surface area contributed by atoms with Gasteiger partial charge in [-0.15, -0.1) is 0 Å². The summed E-state index contributed by atoms with van der Waals surface area (Å²) < 4.78 is 1.82. The summed E-state index contributed by atoms with van der Waals surface area (Å²) in [6.45, 7) is 2.83. The van der Waals surface area contributed by atoms with Crippen molar-refractivity contribution in [1.29, 1.82) is 0 Å². The molecular weight excluding hydrogens is 114 g/mol. The third kappa shape index (κ3) is 1.10. The summed E-state index contributed by atoms with van der Waals surface area (Å²) in [6.07, 6.45) is 2.00. The van der Waals surface area contributed by atoms with Crippen molar-refractivity contribution < 1.29 is 5.73 Å². The summed E-state index contributed by atoms with van der Waals surface area (Å²) in [5, 5.41) is 4.16. The van der Waals surface area contributed by atoms with Crippen molar-refractivity contribution in [2.24, 2.45) is 7.05 Å². The van der Waals surface area contributed by atoms with E-state index in [2.05, 4.69) is 10.8 Å². The van der Waals surface area contributed by atoms with E-state index in [0.717, 1.165) is 12.2 Å². The molecule has 0 aliphatic carbocycles. The number of hydrogen-bond donors (Lipinski definition) is 1. The molecule has 0 aliphatic heterocycles. The minimum atomic E-state index is 0.833. The van der Waals surface area contributed by atoms with Crippen molar-refractivity contribution >= 4 is 0 Å². The molecular formula is C6H12N3+. The normalized spacial score (nSPS) is 10.1. The maximum absolute atomic E-state index is 4.16. The van der Waals surface area contributed by atoms with E-state index in [4.69, 9.17) is 0 Å². The van der Waals surface area contributed by atoms with Crippen LogP contribution in [0, 0.1) is 6.92 Å². The Morgan fingerprint density at radius 1 is 1.78 bits per heavy atom. The number of aromatic nitrogens is 2. The van der Waals surface area contributed by atoms with Crippen LogP contribution in [0.4, 0.5) is 0 Å². The minimum absolute atomic E-state index is 0.833. The molecule has 0 bridgehead atoms. The van der Waals surface area contributed by atoms with Gasteiger partial charge in [0.25, 0.3) is 0 Å².